The quantitative estimate of drug-likeness (QED) is 0.213. The van der Waals surface area contributed by atoms with Crippen LogP contribution in [0.3, 0.4) is 0 Å². The van der Waals surface area contributed by atoms with Crippen molar-refractivity contribution in [1.82, 2.24) is 24.5 Å². The van der Waals surface area contributed by atoms with E-state index in [4.69, 9.17) is 22.3 Å². The first-order valence-electron chi connectivity index (χ1n) is 12.0. The molecule has 1 atom stereocenters. The van der Waals surface area contributed by atoms with Crippen LogP contribution in [0.1, 0.15) is 49.0 Å². The highest BCUT2D eigenvalue weighted by Gasteiger charge is 2.21. The van der Waals surface area contributed by atoms with Gasteiger partial charge < -0.3 is 11.1 Å². The van der Waals surface area contributed by atoms with E-state index in [1.807, 2.05) is 13.0 Å². The molecular weight excluding hydrogens is 536 g/mol. The predicted molar refractivity (Wildman–Crippen MR) is 154 cm³/mol. The summed E-state index contributed by atoms with van der Waals surface area (Å²) in [5.41, 5.74) is 6.78. The van der Waals surface area contributed by atoms with Gasteiger partial charge in [-0.25, -0.2) is 28.7 Å². The molecule has 8 nitrogen and oxygen atoms in total. The average molecular weight is 560 g/mol. The number of alkyl halides is 2. The van der Waals surface area contributed by atoms with E-state index in [1.54, 1.807) is 43.4 Å². The summed E-state index contributed by atoms with van der Waals surface area (Å²) in [5, 5.41) is 3.75. The Bertz CT molecular complexity index is 1770. The summed E-state index contributed by atoms with van der Waals surface area (Å²) in [7, 11) is 0. The van der Waals surface area contributed by atoms with E-state index in [-0.39, 0.29) is 44.4 Å². The van der Waals surface area contributed by atoms with Crippen LogP contribution in [0, 0.1) is 11.8 Å². The molecule has 4 aromatic rings. The molecule has 0 amide bonds. The van der Waals surface area contributed by atoms with Gasteiger partial charge in [0.25, 0.3) is 12.0 Å². The van der Waals surface area contributed by atoms with E-state index < -0.39 is 12.5 Å². The zero-order valence-corrected chi connectivity index (χ0v) is 22.3. The standard InChI is InChI=1S/C29H24ClF2N7O/c1-4-6-8-20(5-2)39-28(38-23-10-7-9-22(30)24(23)29(39)40)17(3)37-27-21(26(33)35-16-36-27)12-11-19-15-18(25(31)32)13-14-34-19/h4-10,13-17,25H,2H2,1,3H3,(H3,33,35,36,37)/b6-4-,20-8+. The molecule has 40 heavy (non-hydrogen) atoms. The van der Waals surface area contributed by atoms with Crippen molar-refractivity contribution in [2.75, 3.05) is 11.1 Å². The minimum absolute atomic E-state index is 0.0672. The van der Waals surface area contributed by atoms with Gasteiger partial charge in [-0.3, -0.25) is 9.36 Å². The van der Waals surface area contributed by atoms with Gasteiger partial charge in [-0.05, 0) is 56.2 Å². The Balaban J connectivity index is 1.83. The molecule has 0 aliphatic heterocycles. The summed E-state index contributed by atoms with van der Waals surface area (Å²) < 4.78 is 27.6. The molecule has 0 aliphatic carbocycles. The lowest BCUT2D eigenvalue weighted by Gasteiger charge is -2.21. The number of allylic oxidation sites excluding steroid dienone is 5. The second-order valence-electron chi connectivity index (χ2n) is 8.44. The Morgan fingerprint density at radius 2 is 2.02 bits per heavy atom. The summed E-state index contributed by atoms with van der Waals surface area (Å²) in [4.78, 5) is 30.8. The number of nitrogens with zero attached hydrogens (tertiary/aromatic N) is 5. The normalized spacial score (nSPS) is 12.4. The molecule has 0 bridgehead atoms. The Labute approximate surface area is 234 Å². The summed E-state index contributed by atoms with van der Waals surface area (Å²) in [6.07, 6.45) is 6.73. The predicted octanol–water partition coefficient (Wildman–Crippen LogP) is 5.93. The van der Waals surface area contributed by atoms with Gasteiger partial charge in [0.1, 0.15) is 35.0 Å². The molecule has 3 aromatic heterocycles. The van der Waals surface area contributed by atoms with E-state index in [1.165, 1.54) is 29.2 Å². The lowest BCUT2D eigenvalue weighted by Crippen LogP contribution is -2.28. The van der Waals surface area contributed by atoms with Crippen LogP contribution in [-0.2, 0) is 0 Å². The maximum atomic E-state index is 13.7. The fourth-order valence-corrected chi connectivity index (χ4v) is 4.10. The van der Waals surface area contributed by atoms with Gasteiger partial charge in [-0.15, -0.1) is 0 Å². The summed E-state index contributed by atoms with van der Waals surface area (Å²) in [5.74, 6) is 6.24. The van der Waals surface area contributed by atoms with Gasteiger partial charge in [-0.2, -0.15) is 0 Å². The first-order chi connectivity index (χ1) is 19.2. The molecule has 0 radical (unpaired) electrons. The Hall–Kier alpha value is -4.88. The third-order valence-electron chi connectivity index (χ3n) is 5.77. The van der Waals surface area contributed by atoms with Crippen molar-refractivity contribution in [3.05, 3.63) is 112 Å². The van der Waals surface area contributed by atoms with Gasteiger partial charge in [-0.1, -0.05) is 42.3 Å². The largest absolute Gasteiger partial charge is 0.382 e. The molecule has 3 N–H and O–H groups in total. The smallest absolute Gasteiger partial charge is 0.267 e. The molecule has 0 saturated carbocycles. The minimum Gasteiger partial charge on any atom is -0.382 e. The minimum atomic E-state index is -2.66. The number of rotatable bonds is 7. The number of hydrogen-bond donors (Lipinski definition) is 2. The van der Waals surface area contributed by atoms with Crippen LogP contribution < -0.4 is 16.6 Å². The SMILES string of the molecule is C=C/C(=C\C=C/C)n1c(C(C)Nc2ncnc(N)c2C#Cc2cc(C(F)F)ccn2)nc2cccc(Cl)c2c1=O. The number of anilines is 2. The van der Waals surface area contributed by atoms with Crippen LogP contribution in [0.5, 0.6) is 0 Å². The molecule has 202 valence electrons. The highest BCUT2D eigenvalue weighted by Crippen LogP contribution is 2.26. The number of pyridine rings is 1. The maximum absolute atomic E-state index is 13.7. The molecule has 1 unspecified atom stereocenters. The average Bonchev–Trinajstić information content (AvgIpc) is 2.94. The van der Waals surface area contributed by atoms with Crippen molar-refractivity contribution in [3.63, 3.8) is 0 Å². The molecule has 0 saturated heterocycles. The summed E-state index contributed by atoms with van der Waals surface area (Å²) in [6, 6.07) is 6.85. The first-order valence-corrected chi connectivity index (χ1v) is 12.4. The number of hydrogen-bond acceptors (Lipinski definition) is 7. The van der Waals surface area contributed by atoms with Crippen molar-refractivity contribution in [3.8, 4) is 11.8 Å². The Morgan fingerprint density at radius 1 is 1.23 bits per heavy atom. The third kappa shape index (κ3) is 5.90. The molecule has 11 heteroatoms. The number of fused-ring (bicyclic) bond motifs is 1. The second kappa shape index (κ2) is 12.3. The van der Waals surface area contributed by atoms with Gasteiger partial charge in [0.2, 0.25) is 0 Å². The molecule has 4 rings (SSSR count). The summed E-state index contributed by atoms with van der Waals surface area (Å²) >= 11 is 6.38. The fourth-order valence-electron chi connectivity index (χ4n) is 3.85. The maximum Gasteiger partial charge on any atom is 0.267 e. The first kappa shape index (κ1) is 28.1. The van der Waals surface area contributed by atoms with E-state index >= 15 is 0 Å². The lowest BCUT2D eigenvalue weighted by atomic mass is 10.2. The third-order valence-corrected chi connectivity index (χ3v) is 6.08. The van der Waals surface area contributed by atoms with Crippen molar-refractivity contribution in [1.29, 1.82) is 0 Å². The molecule has 1 aromatic carbocycles. The van der Waals surface area contributed by atoms with Crippen molar-refractivity contribution in [2.45, 2.75) is 26.3 Å². The number of halogens is 3. The van der Waals surface area contributed by atoms with Crippen LogP contribution in [0.25, 0.3) is 16.6 Å². The van der Waals surface area contributed by atoms with Crippen molar-refractivity contribution in [2.24, 2.45) is 0 Å². The van der Waals surface area contributed by atoms with Crippen LogP contribution in [0.15, 0.2) is 78.5 Å². The van der Waals surface area contributed by atoms with Gasteiger partial charge >= 0.3 is 0 Å². The molecule has 0 fully saturated rings. The highest BCUT2D eigenvalue weighted by atomic mass is 35.5. The number of nitrogen functional groups attached to an aromatic ring is 1. The molecular formula is C29H24ClF2N7O. The van der Waals surface area contributed by atoms with E-state index in [2.05, 4.69) is 38.7 Å². The number of nitrogens with two attached hydrogens (primary N) is 1. The van der Waals surface area contributed by atoms with Crippen LogP contribution in [0.4, 0.5) is 20.4 Å². The molecule has 3 heterocycles. The van der Waals surface area contributed by atoms with Gasteiger partial charge in [0, 0.05) is 17.5 Å². The highest BCUT2D eigenvalue weighted by molar-refractivity contribution is 6.35. The van der Waals surface area contributed by atoms with E-state index in [9.17, 15) is 13.6 Å². The van der Waals surface area contributed by atoms with Crippen molar-refractivity contribution < 1.29 is 8.78 Å². The van der Waals surface area contributed by atoms with E-state index in [0.29, 0.717) is 17.0 Å². The summed E-state index contributed by atoms with van der Waals surface area (Å²) in [6.45, 7) is 7.50. The molecule has 0 aliphatic rings. The number of nitrogens with one attached hydrogen (secondary N) is 1. The van der Waals surface area contributed by atoms with Crippen LogP contribution in [0.2, 0.25) is 5.02 Å². The number of aromatic nitrogens is 5. The zero-order valence-electron chi connectivity index (χ0n) is 21.6. The van der Waals surface area contributed by atoms with Gasteiger partial charge in [0.15, 0.2) is 0 Å². The Kier molecular flexibility index (Phi) is 8.67. The molecule has 0 spiro atoms. The van der Waals surface area contributed by atoms with Crippen LogP contribution in [-0.4, -0.2) is 24.5 Å². The fraction of sp³-hybridized carbons (Fsp3) is 0.138. The lowest BCUT2D eigenvalue weighted by molar-refractivity contribution is 0.151. The van der Waals surface area contributed by atoms with Crippen molar-refractivity contribution >= 4 is 39.8 Å². The Morgan fingerprint density at radius 3 is 2.75 bits per heavy atom. The monoisotopic (exact) mass is 559 g/mol. The van der Waals surface area contributed by atoms with Crippen LogP contribution >= 0.6 is 11.6 Å². The van der Waals surface area contributed by atoms with Gasteiger partial charge in [0.05, 0.1) is 22.0 Å². The number of benzene rings is 1. The van der Waals surface area contributed by atoms with E-state index in [0.717, 1.165) is 0 Å². The zero-order chi connectivity index (χ0) is 28.8. The topological polar surface area (TPSA) is 112 Å². The second-order valence-corrected chi connectivity index (χ2v) is 8.85.